The number of likely N-dealkylation sites (tertiary alicyclic amines) is 1. The summed E-state index contributed by atoms with van der Waals surface area (Å²) in [7, 11) is 2.56. The van der Waals surface area contributed by atoms with Crippen LogP contribution in [0, 0.1) is 0 Å². The average molecular weight is 815 g/mol. The van der Waals surface area contributed by atoms with Crippen molar-refractivity contribution in [1.29, 1.82) is 0 Å². The molecule has 9 rings (SSSR count). The van der Waals surface area contributed by atoms with Crippen molar-refractivity contribution in [2.75, 3.05) is 27.3 Å². The number of carbonyl (C=O) groups excluding carboxylic acids is 4. The number of fused-ring (bicyclic) bond motifs is 1. The molecule has 20 heteroatoms. The Balaban J connectivity index is 0.892. The van der Waals surface area contributed by atoms with Gasteiger partial charge in [0.05, 0.1) is 67.8 Å². The van der Waals surface area contributed by atoms with Crippen molar-refractivity contribution in [2.24, 2.45) is 0 Å². The Labute approximate surface area is 342 Å². The van der Waals surface area contributed by atoms with Crippen LogP contribution in [0.1, 0.15) is 54.8 Å². The van der Waals surface area contributed by atoms with Crippen molar-refractivity contribution in [1.82, 2.24) is 70.8 Å². The van der Waals surface area contributed by atoms with Gasteiger partial charge in [-0.25, -0.2) is 19.6 Å². The maximum atomic E-state index is 13.8. The van der Waals surface area contributed by atoms with E-state index in [-0.39, 0.29) is 30.7 Å². The molecule has 308 valence electrons. The molecular weight excluding hydrogens is 773 g/mol. The molecule has 0 unspecified atom stereocenters. The number of H-pyrrole nitrogens is 4. The number of methoxy groups -OCH3 is 2. The number of amides is 4. The van der Waals surface area contributed by atoms with E-state index in [9.17, 15) is 19.2 Å². The number of aromatic nitrogens is 10. The maximum absolute atomic E-state index is 13.8. The van der Waals surface area contributed by atoms with Gasteiger partial charge in [-0.15, -0.1) is 0 Å². The number of nitrogens with one attached hydrogen (secondary N) is 5. The summed E-state index contributed by atoms with van der Waals surface area (Å²) in [4.78, 5) is 74.3. The Kier molecular flexibility index (Phi) is 10.0. The van der Waals surface area contributed by atoms with Gasteiger partial charge in [-0.3, -0.25) is 14.5 Å². The number of nitrogens with zero attached hydrogens (tertiary/aromatic N) is 9. The Morgan fingerprint density at radius 3 is 2.12 bits per heavy atom. The standard InChI is InChI=1S/C40H42N14O6/c1-59-38(57)47-29(17-27-19-43-50-48-27)35(55)52-15-3-5-32(52)34-41-21-30(45-34)25-10-6-23(7-11-25)24-8-12-26(13-9-24)31-22-42-37(46-31)40-14-4-16-53(40)36(56)33(54(40)39(58)60-2)18-28-20-44-51-49-28/h6-13,19-22,29,32-33H,3-5,14-18H2,1-2H3,(H,41,45)(H,42,46)(H,47,57)(H,43,48,50)(H,44,49,51)/t29-,32-,33-,40+/m0/s1. The minimum Gasteiger partial charge on any atom is -0.453 e. The van der Waals surface area contributed by atoms with Crippen LogP contribution in [0.2, 0.25) is 0 Å². The summed E-state index contributed by atoms with van der Waals surface area (Å²) >= 11 is 0. The Morgan fingerprint density at radius 2 is 1.47 bits per heavy atom. The normalized spacial score (nSPS) is 20.4. The van der Waals surface area contributed by atoms with Crippen molar-refractivity contribution >= 4 is 24.0 Å². The monoisotopic (exact) mass is 814 g/mol. The smallest absolute Gasteiger partial charge is 0.412 e. The molecule has 3 fully saturated rings. The van der Waals surface area contributed by atoms with E-state index in [1.165, 1.54) is 25.3 Å². The van der Waals surface area contributed by atoms with E-state index in [1.807, 2.05) is 48.5 Å². The molecule has 0 spiro atoms. The van der Waals surface area contributed by atoms with E-state index in [2.05, 4.69) is 51.1 Å². The lowest BCUT2D eigenvalue weighted by atomic mass is 10.0. The Bertz CT molecular complexity index is 2480. The Hall–Kier alpha value is -7.38. The van der Waals surface area contributed by atoms with E-state index in [1.54, 1.807) is 28.4 Å². The van der Waals surface area contributed by atoms with Crippen LogP contribution in [0.5, 0.6) is 0 Å². The lowest BCUT2D eigenvalue weighted by molar-refractivity contribution is -0.134. The summed E-state index contributed by atoms with van der Waals surface area (Å²) < 4.78 is 10.0. The van der Waals surface area contributed by atoms with Gasteiger partial charge in [-0.1, -0.05) is 48.5 Å². The van der Waals surface area contributed by atoms with E-state index in [4.69, 9.17) is 14.5 Å². The van der Waals surface area contributed by atoms with Crippen LogP contribution in [0.25, 0.3) is 33.6 Å². The molecule has 0 saturated carbocycles. The molecule has 60 heavy (non-hydrogen) atoms. The fraction of sp³-hybridized carbons (Fsp3) is 0.350. The van der Waals surface area contributed by atoms with Crippen LogP contribution in [-0.2, 0) is 37.6 Å². The van der Waals surface area contributed by atoms with E-state index < -0.39 is 29.9 Å². The third-order valence-electron chi connectivity index (χ3n) is 11.6. The number of imidazole rings is 2. The van der Waals surface area contributed by atoms with Crippen LogP contribution in [0.3, 0.4) is 0 Å². The third kappa shape index (κ3) is 6.78. The first-order valence-electron chi connectivity index (χ1n) is 19.6. The molecule has 3 aliphatic rings. The number of alkyl carbamates (subject to hydrolysis) is 1. The predicted octanol–water partition coefficient (Wildman–Crippen LogP) is 3.47. The van der Waals surface area contributed by atoms with Crippen LogP contribution >= 0.6 is 0 Å². The van der Waals surface area contributed by atoms with E-state index in [0.717, 1.165) is 46.5 Å². The van der Waals surface area contributed by atoms with E-state index in [0.29, 0.717) is 49.0 Å². The molecule has 2 aromatic carbocycles. The van der Waals surface area contributed by atoms with Gasteiger partial charge in [0, 0.05) is 25.9 Å². The molecule has 4 atom stereocenters. The van der Waals surface area contributed by atoms with Crippen LogP contribution in [-0.4, -0.2) is 129 Å². The molecule has 7 heterocycles. The second-order valence-electron chi connectivity index (χ2n) is 15.0. The summed E-state index contributed by atoms with van der Waals surface area (Å²) in [6.45, 7) is 1.00. The minimum atomic E-state index is -1.12. The van der Waals surface area contributed by atoms with Gasteiger partial charge in [0.15, 0.2) is 11.5 Å². The molecule has 0 aliphatic carbocycles. The first kappa shape index (κ1) is 38.2. The zero-order chi connectivity index (χ0) is 41.4. The summed E-state index contributed by atoms with van der Waals surface area (Å²) in [6.07, 6.45) is 8.29. The molecule has 3 saturated heterocycles. The van der Waals surface area contributed by atoms with Crippen LogP contribution < -0.4 is 5.32 Å². The second-order valence-corrected chi connectivity index (χ2v) is 15.0. The predicted molar refractivity (Wildman–Crippen MR) is 211 cm³/mol. The highest BCUT2D eigenvalue weighted by atomic mass is 16.5. The summed E-state index contributed by atoms with van der Waals surface area (Å²) in [5.74, 6) is 0.721. The fourth-order valence-corrected chi connectivity index (χ4v) is 8.79. The van der Waals surface area contributed by atoms with E-state index >= 15 is 0 Å². The molecule has 3 aliphatic heterocycles. The average Bonchev–Trinajstić information content (AvgIpc) is 4.13. The summed E-state index contributed by atoms with van der Waals surface area (Å²) in [6, 6.07) is 14.2. The number of aromatic amines is 4. The number of benzene rings is 2. The number of carbonyl (C=O) groups is 4. The molecule has 6 aromatic rings. The van der Waals surface area contributed by atoms with Crippen LogP contribution in [0.15, 0.2) is 73.3 Å². The largest absolute Gasteiger partial charge is 0.453 e. The third-order valence-corrected chi connectivity index (χ3v) is 11.6. The number of hydrogen-bond donors (Lipinski definition) is 5. The highest BCUT2D eigenvalue weighted by Gasteiger charge is 2.63. The van der Waals surface area contributed by atoms with Gasteiger partial charge in [0.25, 0.3) is 0 Å². The lowest BCUT2D eigenvalue weighted by Crippen LogP contribution is -2.52. The number of rotatable bonds is 11. The fourth-order valence-electron chi connectivity index (χ4n) is 8.79. The van der Waals surface area contributed by atoms with Gasteiger partial charge >= 0.3 is 12.2 Å². The van der Waals surface area contributed by atoms with Gasteiger partial charge in [0.1, 0.15) is 17.9 Å². The first-order valence-corrected chi connectivity index (χ1v) is 19.6. The summed E-state index contributed by atoms with van der Waals surface area (Å²) in [5, 5.41) is 23.6. The van der Waals surface area contributed by atoms with Gasteiger partial charge in [-0.2, -0.15) is 30.8 Å². The molecule has 20 nitrogen and oxygen atoms in total. The first-order chi connectivity index (χ1) is 29.3. The molecule has 4 aromatic heterocycles. The molecule has 0 bridgehead atoms. The van der Waals surface area contributed by atoms with Crippen molar-refractivity contribution in [3.8, 4) is 33.6 Å². The van der Waals surface area contributed by atoms with Crippen molar-refractivity contribution < 1.29 is 28.7 Å². The number of hydrogen-bond acceptors (Lipinski definition) is 12. The van der Waals surface area contributed by atoms with Gasteiger partial charge in [-0.05, 0) is 47.9 Å². The van der Waals surface area contributed by atoms with Crippen LogP contribution in [0.4, 0.5) is 9.59 Å². The number of ether oxygens (including phenoxy) is 2. The highest BCUT2D eigenvalue weighted by Crippen LogP contribution is 2.48. The molecule has 0 radical (unpaired) electrons. The minimum absolute atomic E-state index is 0.156. The maximum Gasteiger partial charge on any atom is 0.412 e. The molecule has 4 amide bonds. The van der Waals surface area contributed by atoms with Crippen molar-refractivity contribution in [2.45, 2.75) is 62.3 Å². The van der Waals surface area contributed by atoms with Gasteiger partial charge in [0.2, 0.25) is 11.8 Å². The highest BCUT2D eigenvalue weighted by molar-refractivity contribution is 5.91. The van der Waals surface area contributed by atoms with Crippen molar-refractivity contribution in [3.05, 3.63) is 96.4 Å². The molecule has 5 N–H and O–H groups in total. The zero-order valence-corrected chi connectivity index (χ0v) is 32.8. The summed E-state index contributed by atoms with van der Waals surface area (Å²) in [5.41, 5.74) is 5.37. The van der Waals surface area contributed by atoms with Gasteiger partial charge < -0.3 is 34.6 Å². The van der Waals surface area contributed by atoms with Crippen molar-refractivity contribution in [3.63, 3.8) is 0 Å². The topological polar surface area (TPSA) is 249 Å². The SMILES string of the molecule is COC(=O)N[C@@H](Cc1cn[nH]n1)C(=O)N1CCC[C@H]1c1ncc(-c2ccc(-c3ccc(-c4cnc([C@]56CCCN5C(=O)[C@H](Cc5cn[nH]n5)N6C(=O)OC)[nH]4)cc3)cc2)[nH]1. The quantitative estimate of drug-likeness (QED) is 0.126. The molecular formula is C40H42N14O6. The Morgan fingerprint density at radius 1 is 0.817 bits per heavy atom. The lowest BCUT2D eigenvalue weighted by Gasteiger charge is -2.37. The zero-order valence-electron chi connectivity index (χ0n) is 32.8. The second kappa shape index (κ2) is 15.8.